The molecule has 2 rings (SSSR count). The van der Waals surface area contributed by atoms with Crippen LogP contribution in [0.5, 0.6) is 0 Å². The van der Waals surface area contributed by atoms with Crippen molar-refractivity contribution in [3.63, 3.8) is 0 Å². The van der Waals surface area contributed by atoms with Crippen LogP contribution in [0.2, 0.25) is 0 Å². The zero-order chi connectivity index (χ0) is 14.5. The van der Waals surface area contributed by atoms with Crippen molar-refractivity contribution in [1.29, 1.82) is 5.26 Å². The van der Waals surface area contributed by atoms with Crippen LogP contribution in [0, 0.1) is 18.3 Å². The lowest BCUT2D eigenvalue weighted by Crippen LogP contribution is -2.26. The smallest absolute Gasteiger partial charge is 0.253 e. The van der Waals surface area contributed by atoms with Crippen LogP contribution < -0.4 is 0 Å². The van der Waals surface area contributed by atoms with Crippen LogP contribution in [-0.2, 0) is 6.54 Å². The van der Waals surface area contributed by atoms with Crippen LogP contribution in [0.1, 0.15) is 27.0 Å². The van der Waals surface area contributed by atoms with E-state index in [0.29, 0.717) is 17.7 Å². The molecule has 0 spiro atoms. The van der Waals surface area contributed by atoms with Gasteiger partial charge in [0.15, 0.2) is 0 Å². The Morgan fingerprint density at radius 2 is 1.95 bits per heavy atom. The number of nitriles is 1. The zero-order valence-corrected chi connectivity index (χ0v) is 11.6. The Morgan fingerprint density at radius 1 is 1.20 bits per heavy atom. The third-order valence-corrected chi connectivity index (χ3v) is 3.25. The molecular formula is C17H16N2O. The molecule has 0 unspecified atom stereocenters. The second-order valence-electron chi connectivity index (χ2n) is 4.78. The second kappa shape index (κ2) is 6.03. The van der Waals surface area contributed by atoms with Gasteiger partial charge in [-0.25, -0.2) is 0 Å². The van der Waals surface area contributed by atoms with Gasteiger partial charge in [0, 0.05) is 19.2 Å². The molecule has 0 aromatic heterocycles. The molecule has 100 valence electrons. The summed E-state index contributed by atoms with van der Waals surface area (Å²) in [5.74, 6) is -0.0784. The van der Waals surface area contributed by atoms with Gasteiger partial charge in [0.05, 0.1) is 11.6 Å². The van der Waals surface area contributed by atoms with Gasteiger partial charge in [-0.05, 0) is 36.2 Å². The highest BCUT2D eigenvalue weighted by Gasteiger charge is 2.13. The van der Waals surface area contributed by atoms with Crippen molar-refractivity contribution in [3.05, 3.63) is 70.8 Å². The van der Waals surface area contributed by atoms with Crippen LogP contribution >= 0.6 is 0 Å². The van der Waals surface area contributed by atoms with Crippen LogP contribution in [0.3, 0.4) is 0 Å². The van der Waals surface area contributed by atoms with Gasteiger partial charge < -0.3 is 4.90 Å². The topological polar surface area (TPSA) is 44.1 Å². The van der Waals surface area contributed by atoms with Gasteiger partial charge in [0.25, 0.3) is 5.91 Å². The zero-order valence-electron chi connectivity index (χ0n) is 11.6. The Kier molecular flexibility index (Phi) is 4.17. The maximum absolute atomic E-state index is 12.3. The molecule has 0 aliphatic carbocycles. The standard InChI is InChI=1S/C17H16N2O/c1-13-6-3-4-8-16(13)12-19(2)17(20)15-9-5-7-14(10-15)11-18/h3-10H,12H2,1-2H3. The van der Waals surface area contributed by atoms with Gasteiger partial charge in [0.1, 0.15) is 0 Å². The van der Waals surface area contributed by atoms with E-state index in [1.807, 2.05) is 37.3 Å². The fraction of sp³-hybridized carbons (Fsp3) is 0.176. The number of rotatable bonds is 3. The maximum atomic E-state index is 12.3. The van der Waals surface area contributed by atoms with Crippen molar-refractivity contribution in [1.82, 2.24) is 4.90 Å². The summed E-state index contributed by atoms with van der Waals surface area (Å²) in [6, 6.07) is 16.8. The van der Waals surface area contributed by atoms with Gasteiger partial charge >= 0.3 is 0 Å². The molecule has 20 heavy (non-hydrogen) atoms. The van der Waals surface area contributed by atoms with Crippen molar-refractivity contribution < 1.29 is 4.79 Å². The Hall–Kier alpha value is -2.60. The summed E-state index contributed by atoms with van der Waals surface area (Å²) in [7, 11) is 1.77. The van der Waals surface area contributed by atoms with Gasteiger partial charge in [-0.1, -0.05) is 30.3 Å². The first-order valence-corrected chi connectivity index (χ1v) is 6.42. The van der Waals surface area contributed by atoms with E-state index in [4.69, 9.17) is 5.26 Å². The Morgan fingerprint density at radius 3 is 2.65 bits per heavy atom. The molecule has 0 bridgehead atoms. The average Bonchev–Trinajstić information content (AvgIpc) is 2.48. The molecule has 0 atom stereocenters. The molecule has 0 saturated heterocycles. The third kappa shape index (κ3) is 3.04. The molecule has 1 amide bonds. The average molecular weight is 264 g/mol. The Balaban J connectivity index is 2.17. The second-order valence-corrected chi connectivity index (χ2v) is 4.78. The number of aryl methyl sites for hydroxylation is 1. The third-order valence-electron chi connectivity index (χ3n) is 3.25. The number of hydrogen-bond acceptors (Lipinski definition) is 2. The molecule has 0 saturated carbocycles. The van der Waals surface area contributed by atoms with Crippen LogP contribution in [0.25, 0.3) is 0 Å². The molecular weight excluding hydrogens is 248 g/mol. The number of carbonyl (C=O) groups is 1. The Labute approximate surface area is 119 Å². The van der Waals surface area contributed by atoms with Gasteiger partial charge in [-0.3, -0.25) is 4.79 Å². The summed E-state index contributed by atoms with van der Waals surface area (Å²) in [4.78, 5) is 14.0. The summed E-state index contributed by atoms with van der Waals surface area (Å²) in [5.41, 5.74) is 3.33. The summed E-state index contributed by atoms with van der Waals surface area (Å²) in [6.45, 7) is 2.59. The Bertz CT molecular complexity index is 671. The highest BCUT2D eigenvalue weighted by atomic mass is 16.2. The summed E-state index contributed by atoms with van der Waals surface area (Å²) < 4.78 is 0. The lowest BCUT2D eigenvalue weighted by molar-refractivity contribution is 0.0785. The quantitative estimate of drug-likeness (QED) is 0.854. The maximum Gasteiger partial charge on any atom is 0.253 e. The molecule has 3 heteroatoms. The molecule has 3 nitrogen and oxygen atoms in total. The summed E-state index contributed by atoms with van der Waals surface area (Å²) >= 11 is 0. The predicted octanol–water partition coefficient (Wildman–Crippen LogP) is 3.14. The highest BCUT2D eigenvalue weighted by Crippen LogP contribution is 2.13. The molecule has 2 aromatic carbocycles. The normalized spacial score (nSPS) is 9.85. The van der Waals surface area contributed by atoms with Crippen LogP contribution in [0.4, 0.5) is 0 Å². The SMILES string of the molecule is Cc1ccccc1CN(C)C(=O)c1cccc(C#N)c1. The first kappa shape index (κ1) is 13.8. The van der Waals surface area contributed by atoms with E-state index in [2.05, 4.69) is 0 Å². The molecule has 0 fully saturated rings. The van der Waals surface area contributed by atoms with Crippen LogP contribution in [0.15, 0.2) is 48.5 Å². The predicted molar refractivity (Wildman–Crippen MR) is 78.1 cm³/mol. The molecule has 0 aliphatic heterocycles. The molecule has 0 aliphatic rings. The van der Waals surface area contributed by atoms with Gasteiger partial charge in [0.2, 0.25) is 0 Å². The van der Waals surface area contributed by atoms with Crippen molar-refractivity contribution in [2.75, 3.05) is 7.05 Å². The van der Waals surface area contributed by atoms with E-state index in [9.17, 15) is 4.79 Å². The molecule has 0 heterocycles. The minimum Gasteiger partial charge on any atom is -0.337 e. The fourth-order valence-corrected chi connectivity index (χ4v) is 2.06. The van der Waals surface area contributed by atoms with Crippen molar-refractivity contribution in [2.24, 2.45) is 0 Å². The van der Waals surface area contributed by atoms with Crippen molar-refractivity contribution >= 4 is 5.91 Å². The van der Waals surface area contributed by atoms with E-state index in [1.165, 1.54) is 0 Å². The molecule has 0 N–H and O–H groups in total. The van der Waals surface area contributed by atoms with E-state index < -0.39 is 0 Å². The van der Waals surface area contributed by atoms with Crippen molar-refractivity contribution in [3.8, 4) is 6.07 Å². The number of benzene rings is 2. The van der Waals surface area contributed by atoms with E-state index in [-0.39, 0.29) is 5.91 Å². The summed E-state index contributed by atoms with van der Waals surface area (Å²) in [5, 5.41) is 8.88. The molecule has 2 aromatic rings. The highest BCUT2D eigenvalue weighted by molar-refractivity contribution is 5.94. The number of carbonyl (C=O) groups excluding carboxylic acids is 1. The van der Waals surface area contributed by atoms with E-state index >= 15 is 0 Å². The monoisotopic (exact) mass is 264 g/mol. The van der Waals surface area contributed by atoms with E-state index in [1.54, 1.807) is 36.2 Å². The first-order chi connectivity index (χ1) is 9.61. The van der Waals surface area contributed by atoms with Crippen LogP contribution in [-0.4, -0.2) is 17.9 Å². The largest absolute Gasteiger partial charge is 0.337 e. The lowest BCUT2D eigenvalue weighted by atomic mass is 10.1. The first-order valence-electron chi connectivity index (χ1n) is 6.42. The van der Waals surface area contributed by atoms with Gasteiger partial charge in [-0.2, -0.15) is 5.26 Å². The van der Waals surface area contributed by atoms with Crippen molar-refractivity contribution in [2.45, 2.75) is 13.5 Å². The number of nitrogens with zero attached hydrogens (tertiary/aromatic N) is 2. The fourth-order valence-electron chi connectivity index (χ4n) is 2.06. The minimum atomic E-state index is -0.0784. The van der Waals surface area contributed by atoms with Gasteiger partial charge in [-0.15, -0.1) is 0 Å². The number of hydrogen-bond donors (Lipinski definition) is 0. The summed E-state index contributed by atoms with van der Waals surface area (Å²) in [6.07, 6.45) is 0. The lowest BCUT2D eigenvalue weighted by Gasteiger charge is -2.18. The minimum absolute atomic E-state index is 0.0784. The molecule has 0 radical (unpaired) electrons. The number of amides is 1. The van der Waals surface area contributed by atoms with E-state index in [0.717, 1.165) is 11.1 Å².